The third kappa shape index (κ3) is 4.63. The number of allylic oxidation sites excluding steroid dienone is 1. The molecule has 0 spiro atoms. The normalized spacial score (nSPS) is 18.8. The number of ether oxygens (including phenoxy) is 1. The topological polar surface area (TPSA) is 109 Å². The Morgan fingerprint density at radius 1 is 1.43 bits per heavy atom. The van der Waals surface area contributed by atoms with Crippen LogP contribution in [-0.4, -0.2) is 61.6 Å². The summed E-state index contributed by atoms with van der Waals surface area (Å²) in [5, 5.41) is 18.7. The van der Waals surface area contributed by atoms with Gasteiger partial charge in [0.2, 0.25) is 0 Å². The number of benzene rings is 1. The van der Waals surface area contributed by atoms with E-state index in [2.05, 4.69) is 11.5 Å². The summed E-state index contributed by atoms with van der Waals surface area (Å²) in [6.07, 6.45) is -0.877. The Hall–Kier alpha value is -3.32. The van der Waals surface area contributed by atoms with E-state index in [1.54, 1.807) is 19.1 Å². The SMILES string of the molecule is CC(C#N)=C1CCN(c2ccc(N3C[C@@H](CNN(C)C(=O)O)OC3=O)cc2F)CC1. The van der Waals surface area contributed by atoms with Crippen molar-refractivity contribution < 1.29 is 23.8 Å². The van der Waals surface area contributed by atoms with E-state index in [1.165, 1.54) is 18.0 Å². The first-order chi connectivity index (χ1) is 14.3. The number of rotatable bonds is 5. The standard InChI is InChI=1S/C20H24FN5O4/c1-13(10-22)14-5-7-25(8-6-14)18-4-3-15(9-17(18)21)26-12-16(30-20(26)29)11-23-24(2)19(27)28/h3-4,9,16,23H,5-8,11-12H2,1-2H3,(H,27,28)/t16-/m1/s1. The monoisotopic (exact) mass is 417 g/mol. The first-order valence-corrected chi connectivity index (χ1v) is 9.61. The third-order valence-electron chi connectivity index (χ3n) is 5.37. The number of carbonyl (C=O) groups excluding carboxylic acids is 1. The molecule has 0 unspecified atom stereocenters. The van der Waals surface area contributed by atoms with Gasteiger partial charge in [-0.1, -0.05) is 5.57 Å². The lowest BCUT2D eigenvalue weighted by atomic mass is 9.99. The largest absolute Gasteiger partial charge is 0.464 e. The molecule has 0 bridgehead atoms. The van der Waals surface area contributed by atoms with Crippen molar-refractivity contribution in [2.45, 2.75) is 25.9 Å². The van der Waals surface area contributed by atoms with Gasteiger partial charge in [0.1, 0.15) is 11.9 Å². The van der Waals surface area contributed by atoms with Gasteiger partial charge in [0.15, 0.2) is 0 Å². The van der Waals surface area contributed by atoms with Crippen LogP contribution in [0.1, 0.15) is 19.8 Å². The molecule has 3 rings (SSSR count). The van der Waals surface area contributed by atoms with E-state index in [9.17, 15) is 14.0 Å². The fourth-order valence-electron chi connectivity index (χ4n) is 3.54. The molecule has 9 nitrogen and oxygen atoms in total. The van der Waals surface area contributed by atoms with Crippen LogP contribution in [0.25, 0.3) is 0 Å². The van der Waals surface area contributed by atoms with Crippen molar-refractivity contribution in [3.05, 3.63) is 35.2 Å². The number of piperidine rings is 1. The van der Waals surface area contributed by atoms with Crippen molar-refractivity contribution in [3.63, 3.8) is 0 Å². The van der Waals surface area contributed by atoms with Crippen LogP contribution < -0.4 is 15.2 Å². The van der Waals surface area contributed by atoms with Crippen LogP contribution >= 0.6 is 0 Å². The van der Waals surface area contributed by atoms with Crippen molar-refractivity contribution in [2.75, 3.05) is 43.0 Å². The number of cyclic esters (lactones) is 1. The van der Waals surface area contributed by atoms with Gasteiger partial charge >= 0.3 is 12.2 Å². The van der Waals surface area contributed by atoms with Gasteiger partial charge in [-0.15, -0.1) is 0 Å². The number of hydrazine groups is 1. The van der Waals surface area contributed by atoms with Gasteiger partial charge in [-0.2, -0.15) is 5.26 Å². The highest BCUT2D eigenvalue weighted by Crippen LogP contribution is 2.30. The van der Waals surface area contributed by atoms with Gasteiger partial charge in [-0.3, -0.25) is 4.90 Å². The molecule has 2 heterocycles. The van der Waals surface area contributed by atoms with E-state index in [1.807, 2.05) is 4.90 Å². The zero-order valence-electron chi connectivity index (χ0n) is 16.9. The number of hydrogen-bond donors (Lipinski definition) is 2. The predicted octanol–water partition coefficient (Wildman–Crippen LogP) is 2.71. The molecular weight excluding hydrogens is 393 g/mol. The number of nitrogens with zero attached hydrogens (tertiary/aromatic N) is 4. The van der Waals surface area contributed by atoms with Gasteiger partial charge in [0, 0.05) is 25.7 Å². The Morgan fingerprint density at radius 3 is 2.73 bits per heavy atom. The van der Waals surface area contributed by atoms with Crippen LogP contribution in [-0.2, 0) is 4.74 Å². The van der Waals surface area contributed by atoms with Crippen LogP contribution in [0.5, 0.6) is 0 Å². The lowest BCUT2D eigenvalue weighted by Gasteiger charge is -2.31. The predicted molar refractivity (Wildman–Crippen MR) is 108 cm³/mol. The Balaban J connectivity index is 1.64. The summed E-state index contributed by atoms with van der Waals surface area (Å²) in [5.41, 5.74) is 5.31. The van der Waals surface area contributed by atoms with Crippen molar-refractivity contribution in [1.29, 1.82) is 5.26 Å². The molecule has 0 radical (unpaired) electrons. The number of halogens is 1. The Morgan fingerprint density at radius 2 is 2.13 bits per heavy atom. The molecule has 1 aromatic rings. The molecule has 2 saturated heterocycles. The molecule has 30 heavy (non-hydrogen) atoms. The Labute approximate surface area is 173 Å². The molecule has 2 amide bonds. The molecule has 2 N–H and O–H groups in total. The number of carboxylic acid groups (broad SMARTS) is 1. The summed E-state index contributed by atoms with van der Waals surface area (Å²) in [6, 6.07) is 6.79. The van der Waals surface area contributed by atoms with E-state index in [-0.39, 0.29) is 13.1 Å². The highest BCUT2D eigenvalue weighted by Gasteiger charge is 2.33. The summed E-state index contributed by atoms with van der Waals surface area (Å²) in [4.78, 5) is 26.2. The molecule has 0 aliphatic carbocycles. The van der Waals surface area contributed by atoms with Crippen LogP contribution in [0.2, 0.25) is 0 Å². The van der Waals surface area contributed by atoms with E-state index in [0.717, 1.165) is 29.0 Å². The second-order valence-corrected chi connectivity index (χ2v) is 7.28. The van der Waals surface area contributed by atoms with Crippen molar-refractivity contribution >= 4 is 23.6 Å². The van der Waals surface area contributed by atoms with E-state index in [0.29, 0.717) is 24.5 Å². The lowest BCUT2D eigenvalue weighted by molar-refractivity contribution is 0.108. The minimum Gasteiger partial charge on any atom is -0.464 e. The number of hydrogen-bond acceptors (Lipinski definition) is 6. The molecule has 0 aromatic heterocycles. The van der Waals surface area contributed by atoms with E-state index < -0.39 is 24.1 Å². The first kappa shape index (κ1) is 21.4. The average molecular weight is 417 g/mol. The number of nitrogens with one attached hydrogen (secondary N) is 1. The smallest absolute Gasteiger partial charge is 0.421 e. The molecule has 2 aliphatic heterocycles. The maximum atomic E-state index is 14.8. The quantitative estimate of drug-likeness (QED) is 0.560. The van der Waals surface area contributed by atoms with E-state index >= 15 is 0 Å². The highest BCUT2D eigenvalue weighted by atomic mass is 19.1. The van der Waals surface area contributed by atoms with Crippen LogP contribution in [0.15, 0.2) is 29.3 Å². The minimum atomic E-state index is -1.16. The molecular formula is C20H24FN5O4. The summed E-state index contributed by atoms with van der Waals surface area (Å²) in [5.74, 6) is -0.433. The molecule has 1 aromatic carbocycles. The van der Waals surface area contributed by atoms with Gasteiger partial charge in [-0.05, 0) is 38.0 Å². The molecule has 2 aliphatic rings. The van der Waals surface area contributed by atoms with Crippen molar-refractivity contribution in [2.24, 2.45) is 0 Å². The zero-order valence-corrected chi connectivity index (χ0v) is 16.9. The van der Waals surface area contributed by atoms with Crippen LogP contribution in [0.4, 0.5) is 25.4 Å². The highest BCUT2D eigenvalue weighted by molar-refractivity contribution is 5.90. The van der Waals surface area contributed by atoms with Gasteiger partial charge in [-0.25, -0.2) is 24.4 Å². The molecule has 10 heteroatoms. The fraction of sp³-hybridized carbons (Fsp3) is 0.450. The van der Waals surface area contributed by atoms with Gasteiger partial charge in [0.25, 0.3) is 0 Å². The summed E-state index contributed by atoms with van der Waals surface area (Å²) in [7, 11) is 1.34. The molecule has 2 fully saturated rings. The number of nitriles is 1. The Bertz CT molecular complexity index is 903. The Kier molecular flexibility index (Phi) is 6.42. The van der Waals surface area contributed by atoms with Gasteiger partial charge in [0.05, 0.1) is 30.5 Å². The second-order valence-electron chi connectivity index (χ2n) is 7.28. The second kappa shape index (κ2) is 9.00. The van der Waals surface area contributed by atoms with Crippen LogP contribution in [0, 0.1) is 17.1 Å². The average Bonchev–Trinajstić information content (AvgIpc) is 3.12. The summed E-state index contributed by atoms with van der Waals surface area (Å²) >= 11 is 0. The lowest BCUT2D eigenvalue weighted by Crippen LogP contribution is -2.43. The third-order valence-corrected chi connectivity index (χ3v) is 5.37. The zero-order chi connectivity index (χ0) is 21.8. The maximum absolute atomic E-state index is 14.8. The molecule has 0 saturated carbocycles. The maximum Gasteiger partial charge on any atom is 0.421 e. The number of anilines is 2. The van der Waals surface area contributed by atoms with Crippen molar-refractivity contribution in [3.8, 4) is 6.07 Å². The molecule has 1 atom stereocenters. The van der Waals surface area contributed by atoms with E-state index in [4.69, 9.17) is 15.1 Å². The summed E-state index contributed by atoms with van der Waals surface area (Å²) < 4.78 is 20.0. The number of amides is 2. The molecule has 160 valence electrons. The minimum absolute atomic E-state index is 0.122. The van der Waals surface area contributed by atoms with Crippen molar-refractivity contribution in [1.82, 2.24) is 10.4 Å². The van der Waals surface area contributed by atoms with Crippen LogP contribution in [0.3, 0.4) is 0 Å². The fourth-order valence-corrected chi connectivity index (χ4v) is 3.54. The summed E-state index contributed by atoms with van der Waals surface area (Å²) in [6.45, 7) is 3.36. The number of carbonyl (C=O) groups is 2. The first-order valence-electron chi connectivity index (χ1n) is 9.61. The van der Waals surface area contributed by atoms with Gasteiger partial charge < -0.3 is 14.7 Å².